The van der Waals surface area contributed by atoms with Gasteiger partial charge in [-0.05, 0) is 55.5 Å². The minimum absolute atomic E-state index is 0.0636. The molecule has 4 rings (SSSR count). The minimum Gasteiger partial charge on any atom is -0.335 e. The van der Waals surface area contributed by atoms with Gasteiger partial charge in [-0.1, -0.05) is 11.6 Å². The van der Waals surface area contributed by atoms with E-state index in [1.165, 1.54) is 23.5 Å². The number of aromatic nitrogens is 1. The molecule has 1 aliphatic heterocycles. The van der Waals surface area contributed by atoms with Crippen LogP contribution in [0.1, 0.15) is 25.7 Å². The highest BCUT2D eigenvalue weighted by Crippen LogP contribution is 2.29. The van der Waals surface area contributed by atoms with Crippen LogP contribution in [0.15, 0.2) is 48.5 Å². The van der Waals surface area contributed by atoms with Crippen molar-refractivity contribution in [3.63, 3.8) is 0 Å². The lowest BCUT2D eigenvalue weighted by Gasteiger charge is -2.34. The number of nitrogens with zero attached hydrogens (tertiary/aromatic N) is 3. The molecule has 2 heterocycles. The number of carbonyl (C=O) groups is 2. The Bertz CT molecular complexity index is 1070. The molecule has 1 fully saturated rings. The molecule has 0 bridgehead atoms. The third kappa shape index (κ3) is 4.22. The molecule has 5 nitrogen and oxygen atoms in total. The second kappa shape index (κ2) is 8.53. The second-order valence-corrected chi connectivity index (χ2v) is 8.47. The van der Waals surface area contributed by atoms with E-state index in [9.17, 15) is 14.0 Å². The van der Waals surface area contributed by atoms with E-state index in [1.807, 2.05) is 0 Å². The zero-order valence-corrected chi connectivity index (χ0v) is 17.8. The van der Waals surface area contributed by atoms with E-state index in [0.717, 1.165) is 5.56 Å². The number of rotatable bonds is 3. The predicted octanol–water partition coefficient (Wildman–Crippen LogP) is 4.51. The molecule has 1 saturated heterocycles. The van der Waals surface area contributed by atoms with Gasteiger partial charge in [-0.15, -0.1) is 11.3 Å². The van der Waals surface area contributed by atoms with Crippen LogP contribution in [0.5, 0.6) is 0 Å². The van der Waals surface area contributed by atoms with Crippen LogP contribution in [0.3, 0.4) is 0 Å². The smallest absolute Gasteiger partial charge is 0.265 e. The number of thiazole rings is 1. The number of aryl methyl sites for hydroxylation is 1. The van der Waals surface area contributed by atoms with Crippen molar-refractivity contribution < 1.29 is 14.0 Å². The lowest BCUT2D eigenvalue weighted by atomic mass is 10.2. The maximum absolute atomic E-state index is 13.2. The first-order valence-corrected chi connectivity index (χ1v) is 10.7. The van der Waals surface area contributed by atoms with E-state index in [-0.39, 0.29) is 17.6 Å². The molecular formula is C22H19ClFN3O2S. The highest BCUT2D eigenvalue weighted by atomic mass is 35.5. The molecule has 0 saturated carbocycles. The summed E-state index contributed by atoms with van der Waals surface area (Å²) in [6.45, 7) is 3.66. The van der Waals surface area contributed by atoms with E-state index in [2.05, 4.69) is 4.98 Å². The van der Waals surface area contributed by atoms with Crippen molar-refractivity contribution in [1.29, 1.82) is 0 Å². The lowest BCUT2D eigenvalue weighted by Crippen LogP contribution is -2.50. The average molecular weight is 444 g/mol. The predicted molar refractivity (Wildman–Crippen MR) is 116 cm³/mol. The number of piperazine rings is 1. The fourth-order valence-electron chi connectivity index (χ4n) is 3.34. The molecule has 3 aromatic rings. The van der Waals surface area contributed by atoms with Gasteiger partial charge >= 0.3 is 0 Å². The summed E-state index contributed by atoms with van der Waals surface area (Å²) >= 11 is 7.19. The maximum Gasteiger partial charge on any atom is 0.265 e. The van der Waals surface area contributed by atoms with Crippen LogP contribution in [0, 0.1) is 12.7 Å². The first-order chi connectivity index (χ1) is 14.4. The van der Waals surface area contributed by atoms with Crippen molar-refractivity contribution >= 4 is 34.8 Å². The van der Waals surface area contributed by atoms with Crippen LogP contribution in [0.2, 0.25) is 5.02 Å². The van der Waals surface area contributed by atoms with Crippen molar-refractivity contribution in [2.24, 2.45) is 0 Å². The average Bonchev–Trinajstić information content (AvgIpc) is 3.15. The van der Waals surface area contributed by atoms with Gasteiger partial charge < -0.3 is 9.80 Å². The molecule has 2 amide bonds. The maximum atomic E-state index is 13.2. The van der Waals surface area contributed by atoms with Crippen LogP contribution in [-0.4, -0.2) is 52.8 Å². The van der Waals surface area contributed by atoms with E-state index < -0.39 is 0 Å². The molecule has 1 aliphatic rings. The third-order valence-electron chi connectivity index (χ3n) is 5.03. The number of carbonyl (C=O) groups excluding carboxylic acids is 2. The van der Waals surface area contributed by atoms with Crippen LogP contribution in [0.25, 0.3) is 10.6 Å². The Hall–Kier alpha value is -2.77. The van der Waals surface area contributed by atoms with Crippen molar-refractivity contribution in [1.82, 2.24) is 14.8 Å². The topological polar surface area (TPSA) is 53.5 Å². The molecule has 30 heavy (non-hydrogen) atoms. The highest BCUT2D eigenvalue weighted by Gasteiger charge is 2.28. The summed E-state index contributed by atoms with van der Waals surface area (Å²) in [7, 11) is 0. The fraction of sp³-hybridized carbons (Fsp3) is 0.227. The Morgan fingerprint density at radius 1 is 0.933 bits per heavy atom. The quantitative estimate of drug-likeness (QED) is 0.598. The van der Waals surface area contributed by atoms with Crippen LogP contribution < -0.4 is 0 Å². The Kier molecular flexibility index (Phi) is 5.83. The first kappa shape index (κ1) is 20.5. The van der Waals surface area contributed by atoms with Crippen molar-refractivity contribution in [3.8, 4) is 10.6 Å². The molecule has 1 aromatic heterocycles. The van der Waals surface area contributed by atoms with Crippen LogP contribution in [-0.2, 0) is 0 Å². The van der Waals surface area contributed by atoms with Crippen LogP contribution >= 0.6 is 22.9 Å². The standard InChI is InChI=1S/C22H19ClFN3O2S/c1-14-19(30-20(25-14)15-4-8-18(24)9-5-15)22(29)27-12-10-26(11-13-27)21(28)16-2-6-17(23)7-3-16/h2-9H,10-13H2,1H3. The van der Waals surface area contributed by atoms with E-state index in [1.54, 1.807) is 53.1 Å². The number of halogens is 2. The van der Waals surface area contributed by atoms with Crippen molar-refractivity contribution in [2.75, 3.05) is 26.2 Å². The van der Waals surface area contributed by atoms with Gasteiger partial charge in [-0.25, -0.2) is 9.37 Å². The normalized spacial score (nSPS) is 14.1. The first-order valence-electron chi connectivity index (χ1n) is 9.50. The number of amides is 2. The lowest BCUT2D eigenvalue weighted by molar-refractivity contribution is 0.0537. The van der Waals surface area contributed by atoms with Gasteiger partial charge in [-0.3, -0.25) is 9.59 Å². The summed E-state index contributed by atoms with van der Waals surface area (Å²) in [4.78, 5) is 34.2. The van der Waals surface area contributed by atoms with Crippen molar-refractivity contribution in [3.05, 3.63) is 75.5 Å². The second-order valence-electron chi connectivity index (χ2n) is 7.03. The summed E-state index contributed by atoms with van der Waals surface area (Å²) in [5.74, 6) is -0.461. The Labute approximate surface area is 182 Å². The molecule has 2 aromatic carbocycles. The monoisotopic (exact) mass is 443 g/mol. The molecule has 0 unspecified atom stereocenters. The summed E-state index contributed by atoms with van der Waals surface area (Å²) in [6, 6.07) is 12.9. The molecule has 0 atom stereocenters. The van der Waals surface area contributed by atoms with Gasteiger partial charge in [0.2, 0.25) is 0 Å². The van der Waals surface area contributed by atoms with Gasteiger partial charge in [0.25, 0.3) is 11.8 Å². The largest absolute Gasteiger partial charge is 0.335 e. The number of hydrogen-bond donors (Lipinski definition) is 0. The molecule has 154 valence electrons. The van der Waals surface area contributed by atoms with E-state index >= 15 is 0 Å². The third-order valence-corrected chi connectivity index (χ3v) is 6.47. The molecular weight excluding hydrogens is 425 g/mol. The Morgan fingerprint density at radius 2 is 1.50 bits per heavy atom. The van der Waals surface area contributed by atoms with Gasteiger partial charge in [0, 0.05) is 42.3 Å². The van der Waals surface area contributed by atoms with E-state index in [4.69, 9.17) is 11.6 Å². The summed E-state index contributed by atoms with van der Waals surface area (Å²) in [6.07, 6.45) is 0. The SMILES string of the molecule is Cc1nc(-c2ccc(F)cc2)sc1C(=O)N1CCN(C(=O)c2ccc(Cl)cc2)CC1. The molecule has 0 spiro atoms. The Balaban J connectivity index is 1.42. The minimum atomic E-state index is -0.311. The molecule has 0 aliphatic carbocycles. The van der Waals surface area contributed by atoms with Gasteiger partial charge in [0.15, 0.2) is 0 Å². The van der Waals surface area contributed by atoms with E-state index in [0.29, 0.717) is 52.3 Å². The summed E-state index contributed by atoms with van der Waals surface area (Å²) < 4.78 is 13.2. The Morgan fingerprint density at radius 3 is 2.10 bits per heavy atom. The number of benzene rings is 2. The zero-order valence-electron chi connectivity index (χ0n) is 16.3. The summed E-state index contributed by atoms with van der Waals surface area (Å²) in [5.41, 5.74) is 2.02. The highest BCUT2D eigenvalue weighted by molar-refractivity contribution is 7.17. The molecule has 8 heteroatoms. The van der Waals surface area contributed by atoms with Gasteiger partial charge in [0.05, 0.1) is 5.69 Å². The molecule has 0 radical (unpaired) electrons. The molecule has 0 N–H and O–H groups in total. The zero-order chi connectivity index (χ0) is 21.3. The van der Waals surface area contributed by atoms with Crippen molar-refractivity contribution in [2.45, 2.75) is 6.92 Å². The fourth-order valence-corrected chi connectivity index (χ4v) is 4.51. The van der Waals surface area contributed by atoms with Gasteiger partial charge in [0.1, 0.15) is 15.7 Å². The van der Waals surface area contributed by atoms with Gasteiger partial charge in [-0.2, -0.15) is 0 Å². The number of hydrogen-bond acceptors (Lipinski definition) is 4. The van der Waals surface area contributed by atoms with Crippen LogP contribution in [0.4, 0.5) is 4.39 Å². The summed E-state index contributed by atoms with van der Waals surface area (Å²) in [5, 5.41) is 1.27.